The van der Waals surface area contributed by atoms with E-state index in [4.69, 9.17) is 30.5 Å². The van der Waals surface area contributed by atoms with Gasteiger partial charge in [-0.3, -0.25) is 33.7 Å². The Labute approximate surface area is 331 Å². The lowest BCUT2D eigenvalue weighted by molar-refractivity contribution is -0.312. The molecule has 0 aliphatic carbocycles. The number of aliphatic hydroxyl groups is 4. The highest BCUT2D eigenvalue weighted by Crippen LogP contribution is 2.33. The zero-order chi connectivity index (χ0) is 42.0. The van der Waals surface area contributed by atoms with Gasteiger partial charge >= 0.3 is 5.97 Å². The maximum atomic E-state index is 12.4. The number of carboxylic acids is 1. The van der Waals surface area contributed by atoms with Crippen molar-refractivity contribution in [2.45, 2.75) is 61.9 Å². The van der Waals surface area contributed by atoms with Gasteiger partial charge in [0.25, 0.3) is 17.6 Å². The van der Waals surface area contributed by atoms with Gasteiger partial charge in [-0.2, -0.15) is 0 Å². The molecular formula is C35H48ClN5O16. The molecule has 21 nitrogen and oxygen atoms in total. The van der Waals surface area contributed by atoms with Crippen LogP contribution < -0.4 is 21.3 Å². The standard InChI is InChI=1S/C35H48ClN5O16/c36-22-3-1-21(2-4-22)17-27(47)39-19-24(44)32(51)33-31(40-28(48)20-42)23(43)18-35(57-33,34(52)53)56-16-15-54-12-8-26(46)38-10-14-55-13-9-37-25(45)7-11-41-29(49)5-6-30(41)50/h1-6,23-24,31-33,42-44,51H,7-20H2,(H,37,45)(H,38,46)(H,39,47)(H,40,48)(H,52,53)/t23-,24+,31+,32+,33+,35+/m0/s1. The first kappa shape index (κ1) is 46.8. The van der Waals surface area contributed by atoms with Crippen LogP contribution in [0.2, 0.25) is 5.02 Å². The first-order chi connectivity index (χ1) is 27.1. The minimum Gasteiger partial charge on any atom is -0.477 e. The molecule has 1 aromatic rings. The van der Waals surface area contributed by atoms with Crippen LogP contribution in [0.15, 0.2) is 36.4 Å². The summed E-state index contributed by atoms with van der Waals surface area (Å²) < 4.78 is 21.8. The molecule has 9 N–H and O–H groups in total. The topological polar surface area (TPSA) is 309 Å². The first-order valence-electron chi connectivity index (χ1n) is 17.9. The van der Waals surface area contributed by atoms with Gasteiger partial charge in [-0.05, 0) is 17.7 Å². The van der Waals surface area contributed by atoms with Gasteiger partial charge in [-0.25, -0.2) is 4.79 Å². The van der Waals surface area contributed by atoms with Gasteiger partial charge in [0.05, 0.1) is 57.7 Å². The number of benzene rings is 1. The number of hydrogen-bond donors (Lipinski definition) is 9. The minimum atomic E-state index is -2.60. The van der Waals surface area contributed by atoms with E-state index in [1.54, 1.807) is 24.3 Å². The molecule has 6 atom stereocenters. The second-order valence-corrected chi connectivity index (χ2v) is 13.2. The summed E-state index contributed by atoms with van der Waals surface area (Å²) in [4.78, 5) is 84.9. The number of carboxylic acid groups (broad SMARTS) is 1. The number of amides is 6. The van der Waals surface area contributed by atoms with Crippen molar-refractivity contribution in [3.8, 4) is 0 Å². The summed E-state index contributed by atoms with van der Waals surface area (Å²) in [7, 11) is 0. The second-order valence-electron chi connectivity index (χ2n) is 12.8. The number of aliphatic hydroxyl groups excluding tert-OH is 4. The van der Waals surface area contributed by atoms with Crippen LogP contribution >= 0.6 is 11.6 Å². The highest BCUT2D eigenvalue weighted by Gasteiger charge is 2.55. The fourth-order valence-corrected chi connectivity index (χ4v) is 5.68. The lowest BCUT2D eigenvalue weighted by atomic mass is 9.88. The monoisotopic (exact) mass is 829 g/mol. The fraction of sp³-hybridized carbons (Fsp3) is 0.571. The van der Waals surface area contributed by atoms with Gasteiger partial charge in [0.15, 0.2) is 0 Å². The molecule has 3 rings (SSSR count). The lowest BCUT2D eigenvalue weighted by Gasteiger charge is -2.46. The van der Waals surface area contributed by atoms with E-state index in [1.165, 1.54) is 0 Å². The van der Waals surface area contributed by atoms with Gasteiger partial charge in [-0.1, -0.05) is 23.7 Å². The molecule has 316 valence electrons. The molecule has 2 aliphatic heterocycles. The van der Waals surface area contributed by atoms with E-state index < -0.39 is 92.0 Å². The number of nitrogens with zero attached hydrogens (tertiary/aromatic N) is 1. The molecule has 0 saturated carbocycles. The molecule has 0 spiro atoms. The van der Waals surface area contributed by atoms with Crippen LogP contribution in [-0.4, -0.2) is 174 Å². The van der Waals surface area contributed by atoms with E-state index in [2.05, 4.69) is 21.3 Å². The molecule has 0 aromatic heterocycles. The zero-order valence-electron chi connectivity index (χ0n) is 30.8. The summed E-state index contributed by atoms with van der Waals surface area (Å²) >= 11 is 5.86. The largest absolute Gasteiger partial charge is 0.477 e. The predicted molar refractivity (Wildman–Crippen MR) is 194 cm³/mol. The highest BCUT2D eigenvalue weighted by molar-refractivity contribution is 6.30. The molecule has 0 unspecified atom stereocenters. The van der Waals surface area contributed by atoms with E-state index in [1.807, 2.05) is 0 Å². The van der Waals surface area contributed by atoms with Crippen molar-refractivity contribution in [2.75, 3.05) is 65.8 Å². The predicted octanol–water partition coefficient (Wildman–Crippen LogP) is -3.88. The number of aliphatic carboxylic acids is 1. The second kappa shape index (κ2) is 23.6. The molecule has 57 heavy (non-hydrogen) atoms. The van der Waals surface area contributed by atoms with E-state index in [0.29, 0.717) is 10.6 Å². The van der Waals surface area contributed by atoms with Crippen LogP contribution in [0, 0.1) is 0 Å². The molecule has 0 bridgehead atoms. The summed E-state index contributed by atoms with van der Waals surface area (Å²) in [6.45, 7) is -1.74. The molecule has 1 fully saturated rings. The third-order valence-corrected chi connectivity index (χ3v) is 8.78. The highest BCUT2D eigenvalue weighted by atomic mass is 35.5. The average molecular weight is 830 g/mol. The summed E-state index contributed by atoms with van der Waals surface area (Å²) in [5, 5.41) is 62.3. The van der Waals surface area contributed by atoms with Crippen molar-refractivity contribution in [2.24, 2.45) is 0 Å². The smallest absolute Gasteiger partial charge is 0.364 e. The van der Waals surface area contributed by atoms with Crippen molar-refractivity contribution in [3.05, 3.63) is 47.0 Å². The van der Waals surface area contributed by atoms with Gasteiger partial charge < -0.3 is 65.7 Å². The van der Waals surface area contributed by atoms with Crippen LogP contribution in [0.1, 0.15) is 24.8 Å². The van der Waals surface area contributed by atoms with E-state index in [-0.39, 0.29) is 77.1 Å². The molecule has 1 aromatic carbocycles. The zero-order valence-corrected chi connectivity index (χ0v) is 31.6. The summed E-state index contributed by atoms with van der Waals surface area (Å²) in [6.07, 6.45) is -6.06. The molecule has 1 saturated heterocycles. The summed E-state index contributed by atoms with van der Waals surface area (Å²) in [5.74, 6) is -7.54. The Morgan fingerprint density at radius 2 is 1.47 bits per heavy atom. The molecule has 2 heterocycles. The Hall–Kier alpha value is -4.58. The number of carbonyl (C=O) groups excluding carboxylic acids is 6. The Morgan fingerprint density at radius 1 is 0.860 bits per heavy atom. The van der Waals surface area contributed by atoms with Crippen LogP contribution in [0.5, 0.6) is 0 Å². The van der Waals surface area contributed by atoms with Crippen LogP contribution in [-0.2, 0) is 58.9 Å². The number of carbonyl (C=O) groups is 7. The number of hydrogen-bond acceptors (Lipinski definition) is 15. The Bertz CT molecular complexity index is 1560. The van der Waals surface area contributed by atoms with Gasteiger partial charge in [-0.15, -0.1) is 0 Å². The maximum Gasteiger partial charge on any atom is 0.364 e. The normalized spacial score (nSPS) is 21.5. The quantitative estimate of drug-likeness (QED) is 0.0336. The van der Waals surface area contributed by atoms with Gasteiger partial charge in [0.2, 0.25) is 23.6 Å². The van der Waals surface area contributed by atoms with Crippen LogP contribution in [0.25, 0.3) is 0 Å². The number of nitrogens with one attached hydrogen (secondary N) is 4. The average Bonchev–Trinajstić information content (AvgIpc) is 3.50. The first-order valence-corrected chi connectivity index (χ1v) is 18.3. The van der Waals surface area contributed by atoms with Crippen molar-refractivity contribution >= 4 is 53.0 Å². The molecule has 22 heteroatoms. The minimum absolute atomic E-state index is 0.0355. The summed E-state index contributed by atoms with van der Waals surface area (Å²) in [5.41, 5.74) is 0.609. The maximum absolute atomic E-state index is 12.4. The van der Waals surface area contributed by atoms with Crippen LogP contribution in [0.4, 0.5) is 0 Å². The third kappa shape index (κ3) is 15.4. The Morgan fingerprint density at radius 3 is 2.09 bits per heavy atom. The van der Waals surface area contributed by atoms with Crippen molar-refractivity contribution in [1.29, 1.82) is 0 Å². The van der Waals surface area contributed by atoms with E-state index >= 15 is 0 Å². The van der Waals surface area contributed by atoms with Crippen molar-refractivity contribution < 1.29 is 78.0 Å². The molecule has 0 radical (unpaired) electrons. The number of rotatable bonds is 25. The number of halogens is 1. The van der Waals surface area contributed by atoms with Crippen LogP contribution in [0.3, 0.4) is 0 Å². The van der Waals surface area contributed by atoms with Gasteiger partial charge in [0.1, 0.15) is 18.8 Å². The molecular weight excluding hydrogens is 782 g/mol. The number of ether oxygens (including phenoxy) is 4. The molecule has 6 amide bonds. The Balaban J connectivity index is 1.37. The summed E-state index contributed by atoms with van der Waals surface area (Å²) in [6, 6.07) is 4.90. The van der Waals surface area contributed by atoms with E-state index in [0.717, 1.165) is 17.1 Å². The Kier molecular flexibility index (Phi) is 19.4. The third-order valence-electron chi connectivity index (χ3n) is 8.52. The lowest BCUT2D eigenvalue weighted by Crippen LogP contribution is -2.68. The molecule has 2 aliphatic rings. The number of imide groups is 1. The SMILES string of the molecule is O=C(CCOCCO[C@]1(C(=O)O)C[C@H](O)[C@@H](NC(=O)CO)[C@H]([C@H](O)[C@H](O)CNC(=O)Cc2ccc(Cl)cc2)O1)NCCOCCNC(=O)CCN1C(=O)C=CC1=O. The van der Waals surface area contributed by atoms with Gasteiger partial charge in [0, 0.05) is 62.6 Å². The van der Waals surface area contributed by atoms with Crippen molar-refractivity contribution in [3.63, 3.8) is 0 Å². The fourth-order valence-electron chi connectivity index (χ4n) is 5.56. The van der Waals surface area contributed by atoms with E-state index in [9.17, 15) is 59.1 Å². The van der Waals surface area contributed by atoms with Crippen molar-refractivity contribution in [1.82, 2.24) is 26.2 Å².